The highest BCUT2D eigenvalue weighted by Crippen LogP contribution is 2.28. The summed E-state index contributed by atoms with van der Waals surface area (Å²) in [7, 11) is 0. The highest BCUT2D eigenvalue weighted by Gasteiger charge is 2.09. The van der Waals surface area contributed by atoms with Crippen LogP contribution < -0.4 is 5.73 Å². The molecule has 4 nitrogen and oxygen atoms in total. The number of aromatic nitrogens is 2. The first kappa shape index (κ1) is 9.80. The van der Waals surface area contributed by atoms with Crippen molar-refractivity contribution < 1.29 is 4.79 Å². The second-order valence-corrected chi connectivity index (χ2v) is 5.19. The van der Waals surface area contributed by atoms with Gasteiger partial charge in [0.15, 0.2) is 4.96 Å². The third-order valence-corrected chi connectivity index (χ3v) is 3.75. The van der Waals surface area contributed by atoms with Crippen molar-refractivity contribution >= 4 is 48.4 Å². The van der Waals surface area contributed by atoms with Gasteiger partial charge in [-0.1, -0.05) is 11.3 Å². The van der Waals surface area contributed by atoms with Crippen molar-refractivity contribution in [1.29, 1.82) is 0 Å². The molecule has 0 unspecified atom stereocenters. The summed E-state index contributed by atoms with van der Waals surface area (Å²) in [5.41, 5.74) is 6.79. The van der Waals surface area contributed by atoms with Crippen molar-refractivity contribution in [3.63, 3.8) is 0 Å². The molecule has 2 aromatic heterocycles. The van der Waals surface area contributed by atoms with Crippen LogP contribution in [-0.4, -0.2) is 15.3 Å². The van der Waals surface area contributed by atoms with Gasteiger partial charge in [0.05, 0.1) is 10.2 Å². The first-order valence-electron chi connectivity index (χ1n) is 4.52. The van der Waals surface area contributed by atoms with Gasteiger partial charge < -0.3 is 5.73 Å². The Morgan fingerprint density at radius 2 is 2.31 bits per heavy atom. The molecule has 0 aliphatic rings. The number of primary amides is 1. The highest BCUT2D eigenvalue weighted by atomic mass is 79.9. The van der Waals surface area contributed by atoms with Gasteiger partial charge in [-0.15, -0.1) is 0 Å². The maximum atomic E-state index is 11.0. The molecular weight excluding hydrogens is 290 g/mol. The van der Waals surface area contributed by atoms with E-state index in [-0.39, 0.29) is 0 Å². The summed E-state index contributed by atoms with van der Waals surface area (Å²) in [6.45, 7) is 0. The van der Waals surface area contributed by atoms with E-state index in [0.717, 1.165) is 19.8 Å². The van der Waals surface area contributed by atoms with Crippen LogP contribution >= 0.6 is 27.3 Å². The molecule has 3 rings (SSSR count). The lowest BCUT2D eigenvalue weighted by atomic mass is 10.2. The lowest BCUT2D eigenvalue weighted by Crippen LogP contribution is -2.10. The number of nitrogens with zero attached hydrogens (tertiary/aromatic N) is 2. The van der Waals surface area contributed by atoms with Gasteiger partial charge in [0, 0.05) is 11.8 Å². The Kier molecular flexibility index (Phi) is 2.02. The molecule has 80 valence electrons. The number of fused-ring (bicyclic) bond motifs is 3. The topological polar surface area (TPSA) is 60.4 Å². The number of imidazole rings is 1. The summed E-state index contributed by atoms with van der Waals surface area (Å²) in [5, 5.41) is 0. The first-order valence-corrected chi connectivity index (χ1v) is 6.13. The van der Waals surface area contributed by atoms with Gasteiger partial charge in [-0.05, 0) is 34.1 Å². The largest absolute Gasteiger partial charge is 0.366 e. The molecular formula is C10H6BrN3OS. The number of carbonyl (C=O) groups excluding carboxylic acids is 1. The molecule has 6 heteroatoms. The summed E-state index contributed by atoms with van der Waals surface area (Å²) in [4.78, 5) is 16.2. The zero-order valence-electron chi connectivity index (χ0n) is 7.98. The number of nitrogens with two attached hydrogens (primary N) is 1. The van der Waals surface area contributed by atoms with Gasteiger partial charge in [0.25, 0.3) is 0 Å². The lowest BCUT2D eigenvalue weighted by molar-refractivity contribution is 0.100. The third-order valence-electron chi connectivity index (χ3n) is 2.35. The van der Waals surface area contributed by atoms with Crippen LogP contribution in [0.3, 0.4) is 0 Å². The average molecular weight is 296 g/mol. The summed E-state index contributed by atoms with van der Waals surface area (Å²) in [5.74, 6) is -0.408. The quantitative estimate of drug-likeness (QED) is 0.749. The molecule has 0 saturated carbocycles. The van der Waals surface area contributed by atoms with Crippen molar-refractivity contribution in [2.75, 3.05) is 0 Å². The normalized spacial score (nSPS) is 11.3. The molecule has 16 heavy (non-hydrogen) atoms. The predicted molar refractivity (Wildman–Crippen MR) is 66.8 cm³/mol. The van der Waals surface area contributed by atoms with Gasteiger partial charge in [-0.2, -0.15) is 0 Å². The third kappa shape index (κ3) is 1.34. The van der Waals surface area contributed by atoms with Crippen LogP contribution in [0.4, 0.5) is 0 Å². The molecule has 0 radical (unpaired) electrons. The van der Waals surface area contributed by atoms with E-state index in [9.17, 15) is 4.79 Å². The van der Waals surface area contributed by atoms with Gasteiger partial charge >= 0.3 is 0 Å². The van der Waals surface area contributed by atoms with E-state index in [1.54, 1.807) is 12.1 Å². The Hall–Kier alpha value is -1.40. The van der Waals surface area contributed by atoms with Crippen LogP contribution in [0.25, 0.3) is 15.2 Å². The zero-order valence-corrected chi connectivity index (χ0v) is 10.4. The molecule has 0 saturated heterocycles. The minimum Gasteiger partial charge on any atom is -0.366 e. The van der Waals surface area contributed by atoms with E-state index in [0.29, 0.717) is 5.56 Å². The Morgan fingerprint density at radius 3 is 3.06 bits per heavy atom. The molecule has 0 atom stereocenters. The molecule has 0 bridgehead atoms. The number of hydrogen-bond donors (Lipinski definition) is 1. The van der Waals surface area contributed by atoms with Crippen LogP contribution in [0.2, 0.25) is 0 Å². The Labute approximate surface area is 103 Å². The molecule has 3 aromatic rings. The maximum absolute atomic E-state index is 11.0. The fourth-order valence-corrected chi connectivity index (χ4v) is 3.16. The number of amides is 1. The highest BCUT2D eigenvalue weighted by molar-refractivity contribution is 9.10. The number of benzene rings is 1. The fourth-order valence-electron chi connectivity index (χ4n) is 1.63. The number of thiazole rings is 1. The van der Waals surface area contributed by atoms with Gasteiger partial charge in [0.2, 0.25) is 5.91 Å². The second-order valence-electron chi connectivity index (χ2n) is 3.37. The molecule has 0 aliphatic carbocycles. The summed E-state index contributed by atoms with van der Waals surface area (Å²) in [6.07, 6.45) is 1.90. The number of hydrogen-bond acceptors (Lipinski definition) is 3. The van der Waals surface area contributed by atoms with E-state index in [4.69, 9.17) is 5.73 Å². The summed E-state index contributed by atoms with van der Waals surface area (Å²) >= 11 is 4.86. The van der Waals surface area contributed by atoms with E-state index >= 15 is 0 Å². The van der Waals surface area contributed by atoms with Crippen molar-refractivity contribution in [3.8, 4) is 0 Å². The van der Waals surface area contributed by atoms with E-state index < -0.39 is 5.91 Å². The molecule has 0 fully saturated rings. The van der Waals surface area contributed by atoms with Gasteiger partial charge in [-0.3, -0.25) is 9.20 Å². The number of rotatable bonds is 1. The first-order chi connectivity index (χ1) is 7.65. The fraction of sp³-hybridized carbons (Fsp3) is 0. The van der Waals surface area contributed by atoms with Crippen molar-refractivity contribution in [2.24, 2.45) is 5.73 Å². The van der Waals surface area contributed by atoms with Crippen LogP contribution in [0.15, 0.2) is 29.0 Å². The van der Waals surface area contributed by atoms with Gasteiger partial charge in [-0.25, -0.2) is 4.98 Å². The van der Waals surface area contributed by atoms with Crippen LogP contribution in [0.5, 0.6) is 0 Å². The van der Waals surface area contributed by atoms with Crippen molar-refractivity contribution in [3.05, 3.63) is 34.6 Å². The minimum atomic E-state index is -0.408. The standard InChI is InChI=1S/C10H6BrN3OS/c11-8-4-14-6-2-1-5(9(12)15)3-7(6)16-10(14)13-8/h1-4H,(H2,12,15). The summed E-state index contributed by atoms with van der Waals surface area (Å²) in [6, 6.07) is 5.41. The van der Waals surface area contributed by atoms with Crippen LogP contribution in [-0.2, 0) is 0 Å². The SMILES string of the molecule is NC(=O)c1ccc2c(c1)sc1nc(Br)cn12. The van der Waals surface area contributed by atoms with Crippen molar-refractivity contribution in [2.45, 2.75) is 0 Å². The smallest absolute Gasteiger partial charge is 0.248 e. The summed E-state index contributed by atoms with van der Waals surface area (Å²) < 4.78 is 3.79. The van der Waals surface area contributed by atoms with E-state index in [1.807, 2.05) is 16.7 Å². The van der Waals surface area contributed by atoms with Gasteiger partial charge in [0.1, 0.15) is 4.60 Å². The molecule has 2 heterocycles. The van der Waals surface area contributed by atoms with E-state index in [1.165, 1.54) is 11.3 Å². The lowest BCUT2D eigenvalue weighted by Gasteiger charge is -1.95. The maximum Gasteiger partial charge on any atom is 0.248 e. The zero-order chi connectivity index (χ0) is 11.3. The molecule has 1 aromatic carbocycles. The molecule has 1 amide bonds. The molecule has 0 aliphatic heterocycles. The minimum absolute atomic E-state index is 0.408. The predicted octanol–water partition coefficient (Wildman–Crippen LogP) is 2.41. The average Bonchev–Trinajstić information content (AvgIpc) is 2.72. The number of carbonyl (C=O) groups is 1. The van der Waals surface area contributed by atoms with Crippen LogP contribution in [0.1, 0.15) is 10.4 Å². The number of halogens is 1. The second kappa shape index (κ2) is 3.29. The Morgan fingerprint density at radius 1 is 1.50 bits per heavy atom. The Bertz CT molecular complexity index is 715. The molecule has 0 spiro atoms. The Balaban J connectivity index is 2.37. The van der Waals surface area contributed by atoms with Crippen molar-refractivity contribution in [1.82, 2.24) is 9.38 Å². The monoisotopic (exact) mass is 295 g/mol. The van der Waals surface area contributed by atoms with Crippen LogP contribution in [0, 0.1) is 0 Å². The molecule has 2 N–H and O–H groups in total. The van der Waals surface area contributed by atoms with E-state index in [2.05, 4.69) is 20.9 Å².